The minimum Gasteiger partial charge on any atom is -0.465 e. The highest BCUT2D eigenvalue weighted by atomic mass is 79.9. The van der Waals surface area contributed by atoms with E-state index in [2.05, 4.69) is 26.0 Å². The Morgan fingerprint density at radius 3 is 2.52 bits per heavy atom. The van der Waals surface area contributed by atoms with Crippen LogP contribution < -0.4 is 5.32 Å². The van der Waals surface area contributed by atoms with Crippen molar-refractivity contribution in [1.82, 2.24) is 0 Å². The third-order valence-corrected chi connectivity index (χ3v) is 3.44. The van der Waals surface area contributed by atoms with E-state index in [1.54, 1.807) is 24.3 Å². The lowest BCUT2D eigenvalue weighted by atomic mass is 10.1. The van der Waals surface area contributed by atoms with Gasteiger partial charge in [-0.1, -0.05) is 12.1 Å². The van der Waals surface area contributed by atoms with Crippen molar-refractivity contribution < 1.29 is 18.7 Å². The Labute approximate surface area is 129 Å². The molecule has 0 saturated heterocycles. The van der Waals surface area contributed by atoms with Crippen molar-refractivity contribution in [2.75, 3.05) is 12.4 Å². The quantitative estimate of drug-likeness (QED) is 0.859. The molecule has 0 fully saturated rings. The first-order valence-corrected chi connectivity index (χ1v) is 6.76. The molecule has 4 nitrogen and oxygen atoms in total. The van der Waals surface area contributed by atoms with Crippen molar-refractivity contribution in [3.8, 4) is 0 Å². The molecule has 0 unspecified atom stereocenters. The third-order valence-electron chi connectivity index (χ3n) is 2.75. The van der Waals surface area contributed by atoms with E-state index >= 15 is 0 Å². The molecule has 0 bridgehead atoms. The summed E-state index contributed by atoms with van der Waals surface area (Å²) in [6, 6.07) is 10.6. The number of amides is 1. The van der Waals surface area contributed by atoms with Gasteiger partial charge in [0.1, 0.15) is 5.82 Å². The van der Waals surface area contributed by atoms with Gasteiger partial charge in [-0.15, -0.1) is 0 Å². The van der Waals surface area contributed by atoms with Gasteiger partial charge in [0.15, 0.2) is 0 Å². The Kier molecular flexibility index (Phi) is 4.70. The monoisotopic (exact) mass is 351 g/mol. The summed E-state index contributed by atoms with van der Waals surface area (Å²) in [7, 11) is 1.16. The summed E-state index contributed by atoms with van der Waals surface area (Å²) in [5.74, 6) is -1.88. The highest BCUT2D eigenvalue weighted by Gasteiger charge is 2.15. The first-order valence-electron chi connectivity index (χ1n) is 5.96. The molecule has 2 aromatic rings. The lowest BCUT2D eigenvalue weighted by Gasteiger charge is -2.08. The van der Waals surface area contributed by atoms with Crippen molar-refractivity contribution >= 4 is 33.5 Å². The first-order chi connectivity index (χ1) is 10.0. The molecule has 0 atom stereocenters. The molecule has 108 valence electrons. The van der Waals surface area contributed by atoms with Crippen LogP contribution in [0.15, 0.2) is 46.9 Å². The van der Waals surface area contributed by atoms with Crippen LogP contribution in [0, 0.1) is 5.82 Å². The molecule has 0 heterocycles. The summed E-state index contributed by atoms with van der Waals surface area (Å²) in [5, 5.41) is 2.60. The van der Waals surface area contributed by atoms with Crippen LogP contribution >= 0.6 is 15.9 Å². The molecular weight excluding hydrogens is 341 g/mol. The number of hydrogen-bond acceptors (Lipinski definition) is 3. The van der Waals surface area contributed by atoms with Crippen LogP contribution in [-0.2, 0) is 4.74 Å². The highest BCUT2D eigenvalue weighted by Crippen LogP contribution is 2.20. The molecular formula is C15H11BrFNO3. The molecule has 0 saturated carbocycles. The maximum atomic E-state index is 13.5. The van der Waals surface area contributed by atoms with Gasteiger partial charge in [-0.25, -0.2) is 9.18 Å². The van der Waals surface area contributed by atoms with Gasteiger partial charge in [0.2, 0.25) is 0 Å². The number of carbonyl (C=O) groups excluding carboxylic acids is 2. The molecule has 2 rings (SSSR count). The normalized spacial score (nSPS) is 10.0. The number of methoxy groups -OCH3 is 1. The average molecular weight is 352 g/mol. The molecule has 6 heteroatoms. The minimum atomic E-state index is -0.801. The van der Waals surface area contributed by atoms with E-state index in [-0.39, 0.29) is 11.5 Å². The van der Waals surface area contributed by atoms with Crippen molar-refractivity contribution in [3.63, 3.8) is 0 Å². The predicted molar refractivity (Wildman–Crippen MR) is 79.8 cm³/mol. The van der Waals surface area contributed by atoms with Gasteiger partial charge < -0.3 is 10.1 Å². The smallest absolute Gasteiger partial charge is 0.340 e. The Hall–Kier alpha value is -2.21. The third kappa shape index (κ3) is 3.46. The van der Waals surface area contributed by atoms with E-state index < -0.39 is 11.8 Å². The number of hydrogen-bond donors (Lipinski definition) is 1. The summed E-state index contributed by atoms with van der Waals surface area (Å²) in [6.07, 6.45) is 0. The molecule has 0 aliphatic heterocycles. The fourth-order valence-electron chi connectivity index (χ4n) is 1.71. The number of carbonyl (C=O) groups is 2. The second kappa shape index (κ2) is 6.49. The van der Waals surface area contributed by atoms with E-state index in [9.17, 15) is 14.0 Å². The molecule has 21 heavy (non-hydrogen) atoms. The van der Waals surface area contributed by atoms with Crippen molar-refractivity contribution in [1.29, 1.82) is 0 Å². The lowest BCUT2D eigenvalue weighted by Crippen LogP contribution is -2.13. The highest BCUT2D eigenvalue weighted by molar-refractivity contribution is 9.10. The summed E-state index contributed by atoms with van der Waals surface area (Å²) < 4.78 is 18.6. The maximum absolute atomic E-state index is 13.5. The van der Waals surface area contributed by atoms with Crippen LogP contribution in [0.25, 0.3) is 0 Å². The lowest BCUT2D eigenvalue weighted by molar-refractivity contribution is 0.0595. The van der Waals surface area contributed by atoms with Crippen LogP contribution in [0.4, 0.5) is 10.1 Å². The fourth-order valence-corrected chi connectivity index (χ4v) is 2.18. The van der Waals surface area contributed by atoms with Crippen LogP contribution in [0.3, 0.4) is 0 Å². The molecule has 0 aliphatic carbocycles. The zero-order valence-corrected chi connectivity index (χ0v) is 12.6. The van der Waals surface area contributed by atoms with Crippen LogP contribution in [0.1, 0.15) is 20.7 Å². The fraction of sp³-hybridized carbons (Fsp3) is 0.0667. The summed E-state index contributed by atoms with van der Waals surface area (Å²) in [6.45, 7) is 0. The second-order valence-electron chi connectivity index (χ2n) is 4.12. The van der Waals surface area contributed by atoms with E-state index in [1.807, 2.05) is 0 Å². The van der Waals surface area contributed by atoms with Crippen molar-refractivity contribution in [2.45, 2.75) is 0 Å². The van der Waals surface area contributed by atoms with E-state index in [0.29, 0.717) is 15.7 Å². The number of esters is 1. The van der Waals surface area contributed by atoms with Crippen LogP contribution in [0.2, 0.25) is 0 Å². The topological polar surface area (TPSA) is 55.4 Å². The second-order valence-corrected chi connectivity index (χ2v) is 4.97. The van der Waals surface area contributed by atoms with Gasteiger partial charge >= 0.3 is 5.97 Å². The van der Waals surface area contributed by atoms with Gasteiger partial charge in [-0.3, -0.25) is 4.79 Å². The van der Waals surface area contributed by atoms with Crippen LogP contribution in [-0.4, -0.2) is 19.0 Å². The number of nitrogens with one attached hydrogen (secondary N) is 1. The Bertz CT molecular complexity index is 703. The first kappa shape index (κ1) is 15.2. The summed E-state index contributed by atoms with van der Waals surface area (Å²) in [4.78, 5) is 23.5. The van der Waals surface area contributed by atoms with Gasteiger partial charge in [0.05, 0.1) is 18.2 Å². The summed E-state index contributed by atoms with van der Waals surface area (Å²) in [5.41, 5.74) is 0.501. The zero-order chi connectivity index (χ0) is 15.4. The molecule has 2 aromatic carbocycles. The number of halogens is 2. The van der Waals surface area contributed by atoms with Crippen molar-refractivity contribution in [2.24, 2.45) is 0 Å². The summed E-state index contributed by atoms with van der Waals surface area (Å²) >= 11 is 3.28. The maximum Gasteiger partial charge on any atom is 0.340 e. The van der Waals surface area contributed by atoms with Gasteiger partial charge in [0, 0.05) is 10.2 Å². The number of anilines is 1. The Morgan fingerprint density at radius 1 is 1.14 bits per heavy atom. The molecule has 0 aromatic heterocycles. The molecule has 0 radical (unpaired) electrons. The van der Waals surface area contributed by atoms with Gasteiger partial charge in [0.25, 0.3) is 5.91 Å². The van der Waals surface area contributed by atoms with Crippen LogP contribution in [0.5, 0.6) is 0 Å². The van der Waals surface area contributed by atoms with E-state index in [0.717, 1.165) is 13.2 Å². The van der Waals surface area contributed by atoms with Gasteiger partial charge in [-0.05, 0) is 46.3 Å². The Morgan fingerprint density at radius 2 is 1.86 bits per heavy atom. The molecule has 1 amide bonds. The largest absolute Gasteiger partial charge is 0.465 e. The van der Waals surface area contributed by atoms with Gasteiger partial charge in [-0.2, -0.15) is 0 Å². The number of rotatable bonds is 3. The van der Waals surface area contributed by atoms with E-state index in [4.69, 9.17) is 0 Å². The molecule has 0 aliphatic rings. The van der Waals surface area contributed by atoms with E-state index in [1.165, 1.54) is 12.1 Å². The Balaban J connectivity index is 2.26. The average Bonchev–Trinajstić information content (AvgIpc) is 2.48. The number of benzene rings is 2. The zero-order valence-electron chi connectivity index (χ0n) is 11.0. The SMILES string of the molecule is COC(=O)c1cc(NC(=O)c2ccccc2Br)ccc1F. The predicted octanol–water partition coefficient (Wildman–Crippen LogP) is 3.63. The minimum absolute atomic E-state index is 0.234. The number of ether oxygens (including phenoxy) is 1. The molecule has 1 N–H and O–H groups in total. The standard InChI is InChI=1S/C15H11BrFNO3/c1-21-15(20)11-8-9(6-7-13(11)17)18-14(19)10-4-2-3-5-12(10)16/h2-8H,1H3,(H,18,19). The molecule has 0 spiro atoms. The van der Waals surface area contributed by atoms with Crippen molar-refractivity contribution in [3.05, 3.63) is 63.9 Å².